The zero-order valence-electron chi connectivity index (χ0n) is 12.9. The van der Waals surface area contributed by atoms with E-state index >= 15 is 0 Å². The fourth-order valence-corrected chi connectivity index (χ4v) is 2.30. The van der Waals surface area contributed by atoms with Gasteiger partial charge in [-0.2, -0.15) is 0 Å². The van der Waals surface area contributed by atoms with Gasteiger partial charge < -0.3 is 20.3 Å². The molecule has 0 aromatic heterocycles. The van der Waals surface area contributed by atoms with Crippen molar-refractivity contribution in [3.63, 3.8) is 0 Å². The van der Waals surface area contributed by atoms with Gasteiger partial charge in [0.2, 0.25) is 5.91 Å². The SMILES string of the molecule is CCNCc1ccc(Br)cc1N(C)CC(=O)NCCOC. The number of ether oxygens (including phenoxy) is 1. The number of hydrogen-bond donors (Lipinski definition) is 2. The zero-order valence-corrected chi connectivity index (χ0v) is 14.5. The van der Waals surface area contributed by atoms with E-state index in [1.807, 2.05) is 24.1 Å². The molecule has 6 heteroatoms. The molecule has 0 aliphatic rings. The normalized spacial score (nSPS) is 10.5. The van der Waals surface area contributed by atoms with Gasteiger partial charge in [-0.25, -0.2) is 0 Å². The number of halogens is 1. The summed E-state index contributed by atoms with van der Waals surface area (Å²) in [5, 5.41) is 6.14. The maximum atomic E-state index is 11.9. The molecule has 2 N–H and O–H groups in total. The molecule has 0 radical (unpaired) electrons. The van der Waals surface area contributed by atoms with Crippen molar-refractivity contribution >= 4 is 27.5 Å². The molecule has 1 aromatic rings. The number of carbonyl (C=O) groups is 1. The van der Waals surface area contributed by atoms with Crippen molar-refractivity contribution in [2.24, 2.45) is 0 Å². The van der Waals surface area contributed by atoms with E-state index in [4.69, 9.17) is 4.74 Å². The molecular formula is C15H24BrN3O2. The van der Waals surface area contributed by atoms with Gasteiger partial charge in [0, 0.05) is 37.4 Å². The third-order valence-electron chi connectivity index (χ3n) is 3.03. The number of methoxy groups -OCH3 is 1. The van der Waals surface area contributed by atoms with Gasteiger partial charge in [-0.1, -0.05) is 28.9 Å². The summed E-state index contributed by atoms with van der Waals surface area (Å²) in [6.45, 7) is 5.15. The van der Waals surface area contributed by atoms with Crippen LogP contribution in [-0.4, -0.2) is 46.3 Å². The summed E-state index contributed by atoms with van der Waals surface area (Å²) in [7, 11) is 3.54. The Morgan fingerprint density at radius 1 is 1.43 bits per heavy atom. The molecule has 0 saturated heterocycles. The van der Waals surface area contributed by atoms with Crippen LogP contribution in [0.1, 0.15) is 12.5 Å². The van der Waals surface area contributed by atoms with E-state index < -0.39 is 0 Å². The lowest BCUT2D eigenvalue weighted by molar-refractivity contribution is -0.119. The van der Waals surface area contributed by atoms with E-state index in [2.05, 4.69) is 39.6 Å². The number of benzene rings is 1. The van der Waals surface area contributed by atoms with Crippen LogP contribution in [-0.2, 0) is 16.1 Å². The van der Waals surface area contributed by atoms with Crippen LogP contribution < -0.4 is 15.5 Å². The first-order valence-corrected chi connectivity index (χ1v) is 7.83. The van der Waals surface area contributed by atoms with Crippen molar-refractivity contribution in [1.82, 2.24) is 10.6 Å². The fraction of sp³-hybridized carbons (Fsp3) is 0.533. The highest BCUT2D eigenvalue weighted by molar-refractivity contribution is 9.10. The van der Waals surface area contributed by atoms with Crippen LogP contribution in [0, 0.1) is 0 Å². The molecule has 0 saturated carbocycles. The Balaban J connectivity index is 2.68. The van der Waals surface area contributed by atoms with Crippen molar-refractivity contribution in [1.29, 1.82) is 0 Å². The van der Waals surface area contributed by atoms with Gasteiger partial charge in [-0.3, -0.25) is 4.79 Å². The van der Waals surface area contributed by atoms with Crippen LogP contribution in [0.3, 0.4) is 0 Å². The summed E-state index contributed by atoms with van der Waals surface area (Å²) in [5.41, 5.74) is 2.22. The van der Waals surface area contributed by atoms with Gasteiger partial charge in [-0.15, -0.1) is 0 Å². The molecule has 1 amide bonds. The van der Waals surface area contributed by atoms with Crippen molar-refractivity contribution < 1.29 is 9.53 Å². The Morgan fingerprint density at radius 2 is 2.19 bits per heavy atom. The van der Waals surface area contributed by atoms with E-state index in [1.54, 1.807) is 7.11 Å². The number of nitrogens with one attached hydrogen (secondary N) is 2. The highest BCUT2D eigenvalue weighted by Crippen LogP contribution is 2.24. The molecule has 0 heterocycles. The Hall–Kier alpha value is -1.11. The molecule has 5 nitrogen and oxygen atoms in total. The Morgan fingerprint density at radius 3 is 2.86 bits per heavy atom. The van der Waals surface area contributed by atoms with Crippen LogP contribution in [0.2, 0.25) is 0 Å². The van der Waals surface area contributed by atoms with E-state index in [0.29, 0.717) is 19.7 Å². The first-order chi connectivity index (χ1) is 10.1. The molecule has 0 atom stereocenters. The second-order valence-electron chi connectivity index (χ2n) is 4.75. The number of amides is 1. The highest BCUT2D eigenvalue weighted by atomic mass is 79.9. The minimum absolute atomic E-state index is 0.0103. The second kappa shape index (κ2) is 9.76. The summed E-state index contributed by atoms with van der Waals surface area (Å²) in [6.07, 6.45) is 0. The topological polar surface area (TPSA) is 53.6 Å². The van der Waals surface area contributed by atoms with Crippen LogP contribution in [0.25, 0.3) is 0 Å². The predicted molar refractivity (Wildman–Crippen MR) is 89.7 cm³/mol. The number of carbonyl (C=O) groups excluding carboxylic acids is 1. The van der Waals surface area contributed by atoms with Crippen molar-refractivity contribution in [2.45, 2.75) is 13.5 Å². The quantitative estimate of drug-likeness (QED) is 0.661. The minimum Gasteiger partial charge on any atom is -0.383 e. The summed E-state index contributed by atoms with van der Waals surface area (Å²) < 4.78 is 5.92. The van der Waals surface area contributed by atoms with Crippen LogP contribution in [0.15, 0.2) is 22.7 Å². The lowest BCUT2D eigenvalue weighted by Crippen LogP contribution is -2.37. The smallest absolute Gasteiger partial charge is 0.239 e. The van der Waals surface area contributed by atoms with Gasteiger partial charge in [0.05, 0.1) is 13.2 Å². The van der Waals surface area contributed by atoms with E-state index in [0.717, 1.165) is 23.2 Å². The van der Waals surface area contributed by atoms with Gasteiger partial charge in [0.15, 0.2) is 0 Å². The van der Waals surface area contributed by atoms with Crippen molar-refractivity contribution in [3.05, 3.63) is 28.2 Å². The fourth-order valence-electron chi connectivity index (χ4n) is 1.95. The standard InChI is InChI=1S/C15H24BrN3O2/c1-4-17-10-12-5-6-13(16)9-14(12)19(2)11-15(20)18-7-8-21-3/h5-6,9,17H,4,7-8,10-11H2,1-3H3,(H,18,20). The van der Waals surface area contributed by atoms with Crippen molar-refractivity contribution in [2.75, 3.05) is 45.3 Å². The second-order valence-corrected chi connectivity index (χ2v) is 5.67. The van der Waals surface area contributed by atoms with Crippen LogP contribution in [0.5, 0.6) is 0 Å². The number of rotatable bonds is 9. The highest BCUT2D eigenvalue weighted by Gasteiger charge is 2.11. The van der Waals surface area contributed by atoms with Crippen LogP contribution >= 0.6 is 15.9 Å². The van der Waals surface area contributed by atoms with E-state index in [1.165, 1.54) is 5.56 Å². The average Bonchev–Trinajstić information content (AvgIpc) is 2.46. The lowest BCUT2D eigenvalue weighted by atomic mass is 10.1. The molecule has 0 unspecified atom stereocenters. The third kappa shape index (κ3) is 6.46. The molecule has 0 spiro atoms. The summed E-state index contributed by atoms with van der Waals surface area (Å²) in [5.74, 6) is -0.0103. The molecule has 21 heavy (non-hydrogen) atoms. The van der Waals surface area contributed by atoms with Gasteiger partial charge >= 0.3 is 0 Å². The van der Waals surface area contributed by atoms with Gasteiger partial charge in [0.1, 0.15) is 0 Å². The molecule has 0 fully saturated rings. The number of nitrogens with zero attached hydrogens (tertiary/aromatic N) is 1. The molecular weight excluding hydrogens is 334 g/mol. The summed E-state index contributed by atoms with van der Waals surface area (Å²) in [6, 6.07) is 6.12. The Bertz CT molecular complexity index is 455. The zero-order chi connectivity index (χ0) is 15.7. The summed E-state index contributed by atoms with van der Waals surface area (Å²) >= 11 is 3.49. The van der Waals surface area contributed by atoms with E-state index in [9.17, 15) is 4.79 Å². The maximum Gasteiger partial charge on any atom is 0.239 e. The monoisotopic (exact) mass is 357 g/mol. The van der Waals surface area contributed by atoms with Gasteiger partial charge in [0.25, 0.3) is 0 Å². The number of likely N-dealkylation sites (N-methyl/N-ethyl adjacent to an activating group) is 1. The largest absolute Gasteiger partial charge is 0.383 e. The molecule has 118 valence electrons. The number of anilines is 1. The molecule has 1 rings (SSSR count). The maximum absolute atomic E-state index is 11.9. The minimum atomic E-state index is -0.0103. The van der Waals surface area contributed by atoms with Crippen LogP contribution in [0.4, 0.5) is 5.69 Å². The predicted octanol–water partition coefficient (Wildman–Crippen LogP) is 1.76. The Labute approximate surface area is 135 Å². The molecule has 0 bridgehead atoms. The molecule has 1 aromatic carbocycles. The molecule has 0 aliphatic heterocycles. The molecule has 0 aliphatic carbocycles. The van der Waals surface area contributed by atoms with E-state index in [-0.39, 0.29) is 5.91 Å². The third-order valence-corrected chi connectivity index (χ3v) is 3.53. The summed E-state index contributed by atoms with van der Waals surface area (Å²) in [4.78, 5) is 13.8. The van der Waals surface area contributed by atoms with Gasteiger partial charge in [-0.05, 0) is 24.2 Å². The lowest BCUT2D eigenvalue weighted by Gasteiger charge is -2.22. The van der Waals surface area contributed by atoms with Crippen molar-refractivity contribution in [3.8, 4) is 0 Å². The number of hydrogen-bond acceptors (Lipinski definition) is 4. The average molecular weight is 358 g/mol. The first kappa shape index (κ1) is 17.9. The Kier molecular flexibility index (Phi) is 8.34. The first-order valence-electron chi connectivity index (χ1n) is 7.04.